The van der Waals surface area contributed by atoms with Crippen LogP contribution in [0.25, 0.3) is 0 Å². The molecule has 1 atom stereocenters. The molecule has 21 heavy (non-hydrogen) atoms. The highest BCUT2D eigenvalue weighted by atomic mass is 16.5. The van der Waals surface area contributed by atoms with Gasteiger partial charge in [-0.15, -0.1) is 0 Å². The zero-order valence-electron chi connectivity index (χ0n) is 13.3. The van der Waals surface area contributed by atoms with Gasteiger partial charge in [-0.2, -0.15) is 0 Å². The molecule has 1 fully saturated rings. The number of rotatable bonds is 8. The van der Waals surface area contributed by atoms with Gasteiger partial charge in [-0.1, -0.05) is 6.92 Å². The summed E-state index contributed by atoms with van der Waals surface area (Å²) in [5.74, 6) is 2.56. The van der Waals surface area contributed by atoms with Crippen LogP contribution < -0.4 is 10.2 Å². The first-order valence-corrected chi connectivity index (χ1v) is 7.74. The van der Waals surface area contributed by atoms with E-state index in [0.717, 1.165) is 49.9 Å². The maximum atomic E-state index is 5.44. The second-order valence-corrected chi connectivity index (χ2v) is 5.18. The molecule has 0 aromatic carbocycles. The molecule has 1 aliphatic rings. The molecule has 0 bridgehead atoms. The lowest BCUT2D eigenvalue weighted by atomic mass is 10.3. The van der Waals surface area contributed by atoms with E-state index < -0.39 is 0 Å². The first-order valence-electron chi connectivity index (χ1n) is 7.74. The van der Waals surface area contributed by atoms with Crippen molar-refractivity contribution >= 4 is 11.6 Å². The lowest BCUT2D eigenvalue weighted by Crippen LogP contribution is -2.24. The van der Waals surface area contributed by atoms with E-state index in [9.17, 15) is 0 Å². The summed E-state index contributed by atoms with van der Waals surface area (Å²) in [5, 5.41) is 3.34. The van der Waals surface area contributed by atoms with E-state index in [0.29, 0.717) is 19.3 Å². The molecule has 0 amide bonds. The predicted molar refractivity (Wildman–Crippen MR) is 83.8 cm³/mol. The highest BCUT2D eigenvalue weighted by Crippen LogP contribution is 2.22. The van der Waals surface area contributed by atoms with Crippen molar-refractivity contribution in [2.45, 2.75) is 39.4 Å². The molecule has 1 aromatic heterocycles. The van der Waals surface area contributed by atoms with E-state index in [2.05, 4.69) is 27.1 Å². The molecule has 1 N–H and O–H groups in total. The fourth-order valence-corrected chi connectivity index (χ4v) is 2.38. The standard InChI is InChI=1S/C15H26N4O2/c1-4-7-16-13-9-15(18-14(17-13)11-21-5-2)19-8-6-12(10-19)20-3/h9,12H,4-8,10-11H2,1-3H3,(H,16,17,18). The lowest BCUT2D eigenvalue weighted by molar-refractivity contribution is 0.121. The van der Waals surface area contributed by atoms with Crippen LogP contribution in [0.2, 0.25) is 0 Å². The lowest BCUT2D eigenvalue weighted by Gasteiger charge is -2.19. The first-order chi connectivity index (χ1) is 10.3. The Balaban J connectivity index is 2.14. The van der Waals surface area contributed by atoms with Gasteiger partial charge in [-0.25, -0.2) is 9.97 Å². The molecule has 118 valence electrons. The van der Waals surface area contributed by atoms with E-state index in [1.54, 1.807) is 7.11 Å². The summed E-state index contributed by atoms with van der Waals surface area (Å²) >= 11 is 0. The van der Waals surface area contributed by atoms with Crippen LogP contribution >= 0.6 is 0 Å². The molecular weight excluding hydrogens is 268 g/mol. The maximum absolute atomic E-state index is 5.44. The van der Waals surface area contributed by atoms with Crippen molar-refractivity contribution in [1.29, 1.82) is 0 Å². The molecule has 0 saturated carbocycles. The quantitative estimate of drug-likeness (QED) is 0.792. The Bertz CT molecular complexity index is 415. The van der Waals surface area contributed by atoms with Gasteiger partial charge in [0, 0.05) is 39.4 Å². The van der Waals surface area contributed by atoms with Gasteiger partial charge >= 0.3 is 0 Å². The average molecular weight is 294 g/mol. The third-order valence-electron chi connectivity index (χ3n) is 3.55. The topological polar surface area (TPSA) is 59.5 Å². The Kier molecular flexibility index (Phi) is 6.20. The summed E-state index contributed by atoms with van der Waals surface area (Å²) < 4.78 is 10.9. The third-order valence-corrected chi connectivity index (χ3v) is 3.55. The molecule has 0 spiro atoms. The van der Waals surface area contributed by atoms with E-state index in [1.165, 1.54) is 0 Å². The van der Waals surface area contributed by atoms with Crippen molar-refractivity contribution in [3.63, 3.8) is 0 Å². The van der Waals surface area contributed by atoms with Gasteiger partial charge in [0.15, 0.2) is 5.82 Å². The van der Waals surface area contributed by atoms with Crippen LogP contribution in [0, 0.1) is 0 Å². The first kappa shape index (κ1) is 16.0. The molecule has 1 unspecified atom stereocenters. The molecule has 1 aliphatic heterocycles. The number of nitrogens with one attached hydrogen (secondary N) is 1. The number of methoxy groups -OCH3 is 1. The Morgan fingerprint density at radius 3 is 2.90 bits per heavy atom. The minimum absolute atomic E-state index is 0.294. The number of hydrogen-bond donors (Lipinski definition) is 1. The Labute approximate surface area is 126 Å². The second-order valence-electron chi connectivity index (χ2n) is 5.18. The van der Waals surface area contributed by atoms with E-state index in [-0.39, 0.29) is 0 Å². The van der Waals surface area contributed by atoms with Crippen molar-refractivity contribution in [3.8, 4) is 0 Å². The predicted octanol–water partition coefficient (Wildman–Crippen LogP) is 2.06. The van der Waals surface area contributed by atoms with Crippen LogP contribution in [0.1, 0.15) is 32.5 Å². The third kappa shape index (κ3) is 4.54. The largest absolute Gasteiger partial charge is 0.380 e. The minimum atomic E-state index is 0.294. The molecule has 1 aromatic rings. The van der Waals surface area contributed by atoms with E-state index in [4.69, 9.17) is 9.47 Å². The van der Waals surface area contributed by atoms with Gasteiger partial charge in [-0.05, 0) is 19.8 Å². The van der Waals surface area contributed by atoms with Crippen molar-refractivity contribution in [2.24, 2.45) is 0 Å². The highest BCUT2D eigenvalue weighted by molar-refractivity contribution is 5.50. The summed E-state index contributed by atoms with van der Waals surface area (Å²) in [5.41, 5.74) is 0. The zero-order valence-corrected chi connectivity index (χ0v) is 13.3. The van der Waals surface area contributed by atoms with Crippen LogP contribution in [0.3, 0.4) is 0 Å². The zero-order chi connectivity index (χ0) is 15.1. The van der Waals surface area contributed by atoms with Crippen LogP contribution in [0.5, 0.6) is 0 Å². The van der Waals surface area contributed by atoms with Gasteiger partial charge in [0.25, 0.3) is 0 Å². The van der Waals surface area contributed by atoms with Crippen molar-refractivity contribution in [3.05, 3.63) is 11.9 Å². The molecular formula is C15H26N4O2. The smallest absolute Gasteiger partial charge is 0.158 e. The van der Waals surface area contributed by atoms with E-state index >= 15 is 0 Å². The number of nitrogens with zero attached hydrogens (tertiary/aromatic N) is 3. The number of ether oxygens (including phenoxy) is 2. The summed E-state index contributed by atoms with van der Waals surface area (Å²) in [6.45, 7) is 7.99. The fraction of sp³-hybridized carbons (Fsp3) is 0.733. The summed E-state index contributed by atoms with van der Waals surface area (Å²) in [6, 6.07) is 2.02. The van der Waals surface area contributed by atoms with Gasteiger partial charge in [-0.3, -0.25) is 0 Å². The molecule has 2 heterocycles. The normalized spacial score (nSPS) is 18.2. The summed E-state index contributed by atoms with van der Waals surface area (Å²) in [6.07, 6.45) is 2.40. The molecule has 0 aliphatic carbocycles. The van der Waals surface area contributed by atoms with Crippen LogP contribution in [0.15, 0.2) is 6.07 Å². The van der Waals surface area contributed by atoms with Gasteiger partial charge in [0.05, 0.1) is 6.10 Å². The van der Waals surface area contributed by atoms with Gasteiger partial charge in [0.2, 0.25) is 0 Å². The molecule has 1 saturated heterocycles. The molecule has 0 radical (unpaired) electrons. The Morgan fingerprint density at radius 2 is 2.24 bits per heavy atom. The molecule has 6 nitrogen and oxygen atoms in total. The minimum Gasteiger partial charge on any atom is -0.380 e. The van der Waals surface area contributed by atoms with Crippen molar-refractivity contribution in [1.82, 2.24) is 9.97 Å². The SMILES string of the molecule is CCCNc1cc(N2CCC(OC)C2)nc(COCC)n1. The summed E-state index contributed by atoms with van der Waals surface area (Å²) in [7, 11) is 1.77. The molecule has 2 rings (SSSR count). The van der Waals surface area contributed by atoms with Crippen LogP contribution in [0.4, 0.5) is 11.6 Å². The van der Waals surface area contributed by atoms with Gasteiger partial charge in [0.1, 0.15) is 18.2 Å². The summed E-state index contributed by atoms with van der Waals surface area (Å²) in [4.78, 5) is 11.4. The van der Waals surface area contributed by atoms with Crippen LogP contribution in [-0.4, -0.2) is 49.4 Å². The number of hydrogen-bond acceptors (Lipinski definition) is 6. The number of aromatic nitrogens is 2. The average Bonchev–Trinajstić information content (AvgIpc) is 3.00. The fourth-order valence-electron chi connectivity index (χ4n) is 2.38. The highest BCUT2D eigenvalue weighted by Gasteiger charge is 2.24. The van der Waals surface area contributed by atoms with Crippen LogP contribution in [-0.2, 0) is 16.1 Å². The van der Waals surface area contributed by atoms with E-state index in [1.807, 2.05) is 13.0 Å². The van der Waals surface area contributed by atoms with Gasteiger partial charge < -0.3 is 19.7 Å². The monoisotopic (exact) mass is 294 g/mol. The second kappa shape index (κ2) is 8.14. The molecule has 6 heteroatoms. The van der Waals surface area contributed by atoms with Crippen molar-refractivity contribution < 1.29 is 9.47 Å². The maximum Gasteiger partial charge on any atom is 0.158 e. The van der Waals surface area contributed by atoms with Crippen molar-refractivity contribution in [2.75, 3.05) is 43.6 Å². The Morgan fingerprint density at radius 1 is 1.38 bits per heavy atom. The Hall–Kier alpha value is -1.40. The number of anilines is 2.